The van der Waals surface area contributed by atoms with Gasteiger partial charge in [0.15, 0.2) is 0 Å². The monoisotopic (exact) mass is 203 g/mol. The van der Waals surface area contributed by atoms with Crippen molar-refractivity contribution >= 4 is 12.6 Å². The third-order valence-electron chi connectivity index (χ3n) is 2.32. The van der Waals surface area contributed by atoms with E-state index in [0.717, 1.165) is 4.90 Å². The number of aromatic nitrogens is 1. The Morgan fingerprint density at radius 3 is 2.43 bits per heavy atom. The maximum atomic E-state index is 4.45. The smallest absolute Gasteiger partial charge is 0.0496 e. The van der Waals surface area contributed by atoms with E-state index in [0.29, 0.717) is 0 Å². The number of rotatable bonds is 1. The summed E-state index contributed by atoms with van der Waals surface area (Å²) in [7, 11) is 0. The maximum absolute atomic E-state index is 4.45. The molecule has 2 rings (SSSR count). The summed E-state index contributed by atoms with van der Waals surface area (Å²) in [5.74, 6) is 0. The molecule has 0 fully saturated rings. The zero-order chi connectivity index (χ0) is 10.1. The summed E-state index contributed by atoms with van der Waals surface area (Å²) in [4.78, 5) is 4.36. The average Bonchev–Trinajstić information content (AvgIpc) is 2.46. The van der Waals surface area contributed by atoms with Gasteiger partial charge < -0.3 is 4.98 Å². The first-order chi connectivity index (χ1) is 6.68. The molecule has 0 saturated heterocycles. The number of H-pyrrole nitrogens is 1. The molecule has 0 unspecified atom stereocenters. The minimum atomic E-state index is 1.01. The van der Waals surface area contributed by atoms with Gasteiger partial charge in [0.25, 0.3) is 0 Å². The van der Waals surface area contributed by atoms with E-state index >= 15 is 0 Å². The fourth-order valence-corrected chi connectivity index (χ4v) is 1.97. The fourth-order valence-electron chi connectivity index (χ4n) is 1.69. The van der Waals surface area contributed by atoms with Crippen molar-refractivity contribution in [3.8, 4) is 11.3 Å². The van der Waals surface area contributed by atoms with Crippen LogP contribution in [-0.2, 0) is 0 Å². The van der Waals surface area contributed by atoms with Gasteiger partial charge in [0, 0.05) is 21.8 Å². The standard InChI is InChI=1S/C12H13NS/c1-8-7-9(2)13-12(8)10-5-3-4-6-11(10)14/h3-7,13-14H,1-2H3. The fraction of sp³-hybridized carbons (Fsp3) is 0.167. The highest BCUT2D eigenvalue weighted by molar-refractivity contribution is 7.80. The Kier molecular flexibility index (Phi) is 2.38. The van der Waals surface area contributed by atoms with Crippen molar-refractivity contribution in [2.24, 2.45) is 0 Å². The number of aromatic amines is 1. The second-order valence-corrected chi connectivity index (χ2v) is 4.01. The van der Waals surface area contributed by atoms with Gasteiger partial charge in [-0.1, -0.05) is 18.2 Å². The van der Waals surface area contributed by atoms with Crippen molar-refractivity contribution in [2.45, 2.75) is 18.7 Å². The molecule has 1 heterocycles. The largest absolute Gasteiger partial charge is 0.358 e. The summed E-state index contributed by atoms with van der Waals surface area (Å²) >= 11 is 4.45. The molecule has 1 N–H and O–H groups in total. The predicted molar refractivity (Wildman–Crippen MR) is 63.0 cm³/mol. The molecule has 1 nitrogen and oxygen atoms in total. The lowest BCUT2D eigenvalue weighted by atomic mass is 10.1. The summed E-state index contributed by atoms with van der Waals surface area (Å²) in [6.07, 6.45) is 0. The highest BCUT2D eigenvalue weighted by Crippen LogP contribution is 2.28. The molecule has 0 aliphatic rings. The summed E-state index contributed by atoms with van der Waals surface area (Å²) in [5, 5.41) is 0. The van der Waals surface area contributed by atoms with Crippen molar-refractivity contribution in [3.05, 3.63) is 41.6 Å². The van der Waals surface area contributed by atoms with E-state index in [1.165, 1.54) is 22.5 Å². The SMILES string of the molecule is Cc1cc(C)c(-c2ccccc2S)[nH]1. The minimum Gasteiger partial charge on any atom is -0.358 e. The zero-order valence-corrected chi connectivity index (χ0v) is 9.23. The molecule has 0 atom stereocenters. The molecule has 72 valence electrons. The van der Waals surface area contributed by atoms with Crippen LogP contribution in [0.15, 0.2) is 35.2 Å². The van der Waals surface area contributed by atoms with Crippen LogP contribution in [0, 0.1) is 13.8 Å². The second-order valence-electron chi connectivity index (χ2n) is 3.53. The summed E-state index contributed by atoms with van der Waals surface area (Å²) < 4.78 is 0. The number of thiol groups is 1. The molecule has 0 spiro atoms. The maximum Gasteiger partial charge on any atom is 0.0496 e. The van der Waals surface area contributed by atoms with E-state index < -0.39 is 0 Å². The predicted octanol–water partition coefficient (Wildman–Crippen LogP) is 3.59. The average molecular weight is 203 g/mol. The van der Waals surface area contributed by atoms with Crippen LogP contribution < -0.4 is 0 Å². The Balaban J connectivity index is 2.60. The zero-order valence-electron chi connectivity index (χ0n) is 8.33. The van der Waals surface area contributed by atoms with Crippen molar-refractivity contribution in [3.63, 3.8) is 0 Å². The molecule has 2 heteroatoms. The molecule has 0 amide bonds. The Bertz CT molecular complexity index is 457. The van der Waals surface area contributed by atoms with Crippen LogP contribution in [0.2, 0.25) is 0 Å². The topological polar surface area (TPSA) is 15.8 Å². The van der Waals surface area contributed by atoms with Crippen LogP contribution in [0.1, 0.15) is 11.3 Å². The van der Waals surface area contributed by atoms with Crippen LogP contribution in [0.4, 0.5) is 0 Å². The Hall–Kier alpha value is -1.15. The van der Waals surface area contributed by atoms with Gasteiger partial charge >= 0.3 is 0 Å². The molecule has 2 aromatic rings. The summed E-state index contributed by atoms with van der Waals surface area (Å²) in [6.45, 7) is 4.18. The minimum absolute atomic E-state index is 1.01. The molecule has 1 aromatic carbocycles. The highest BCUT2D eigenvalue weighted by atomic mass is 32.1. The van der Waals surface area contributed by atoms with Crippen LogP contribution in [0.3, 0.4) is 0 Å². The van der Waals surface area contributed by atoms with Gasteiger partial charge in [0.1, 0.15) is 0 Å². The molecule has 0 radical (unpaired) electrons. The van der Waals surface area contributed by atoms with E-state index in [1.807, 2.05) is 18.2 Å². The molecule has 0 aliphatic carbocycles. The third kappa shape index (κ3) is 1.58. The van der Waals surface area contributed by atoms with E-state index in [2.05, 4.69) is 43.6 Å². The first-order valence-electron chi connectivity index (χ1n) is 4.63. The van der Waals surface area contributed by atoms with Gasteiger partial charge in [-0.05, 0) is 31.5 Å². The lowest BCUT2D eigenvalue weighted by Gasteiger charge is -2.03. The van der Waals surface area contributed by atoms with Gasteiger partial charge in [-0.3, -0.25) is 0 Å². The normalized spacial score (nSPS) is 10.5. The number of benzene rings is 1. The van der Waals surface area contributed by atoms with Crippen molar-refractivity contribution in [1.29, 1.82) is 0 Å². The Labute approximate surface area is 89.6 Å². The van der Waals surface area contributed by atoms with E-state index in [1.54, 1.807) is 0 Å². The summed E-state index contributed by atoms with van der Waals surface area (Å²) in [5.41, 5.74) is 4.80. The van der Waals surface area contributed by atoms with Gasteiger partial charge in [0.2, 0.25) is 0 Å². The van der Waals surface area contributed by atoms with Crippen molar-refractivity contribution in [1.82, 2.24) is 4.98 Å². The van der Waals surface area contributed by atoms with E-state index in [9.17, 15) is 0 Å². The van der Waals surface area contributed by atoms with Gasteiger partial charge in [0.05, 0.1) is 0 Å². The quantitative estimate of drug-likeness (QED) is 0.659. The van der Waals surface area contributed by atoms with E-state index in [4.69, 9.17) is 0 Å². The molecule has 0 aliphatic heterocycles. The highest BCUT2D eigenvalue weighted by Gasteiger charge is 2.06. The van der Waals surface area contributed by atoms with Gasteiger partial charge in [-0.15, -0.1) is 12.6 Å². The number of hydrogen-bond acceptors (Lipinski definition) is 1. The van der Waals surface area contributed by atoms with Crippen LogP contribution in [0.25, 0.3) is 11.3 Å². The molecular weight excluding hydrogens is 190 g/mol. The summed E-state index contributed by atoms with van der Waals surface area (Å²) in [6, 6.07) is 10.3. The number of nitrogens with one attached hydrogen (secondary N) is 1. The number of hydrogen-bond donors (Lipinski definition) is 2. The first-order valence-corrected chi connectivity index (χ1v) is 5.08. The molecule has 0 saturated carbocycles. The van der Waals surface area contributed by atoms with Gasteiger partial charge in [-0.2, -0.15) is 0 Å². The van der Waals surface area contributed by atoms with Crippen molar-refractivity contribution < 1.29 is 0 Å². The van der Waals surface area contributed by atoms with Crippen LogP contribution in [-0.4, -0.2) is 4.98 Å². The molecule has 14 heavy (non-hydrogen) atoms. The second kappa shape index (κ2) is 3.54. The lowest BCUT2D eigenvalue weighted by molar-refractivity contribution is 1.25. The van der Waals surface area contributed by atoms with Crippen LogP contribution in [0.5, 0.6) is 0 Å². The molecular formula is C12H13NS. The third-order valence-corrected chi connectivity index (χ3v) is 2.71. The Morgan fingerprint density at radius 1 is 1.14 bits per heavy atom. The Morgan fingerprint density at radius 2 is 1.86 bits per heavy atom. The number of aryl methyl sites for hydroxylation is 2. The first kappa shape index (κ1) is 9.41. The van der Waals surface area contributed by atoms with E-state index in [-0.39, 0.29) is 0 Å². The van der Waals surface area contributed by atoms with Crippen LogP contribution >= 0.6 is 12.6 Å². The van der Waals surface area contributed by atoms with Crippen molar-refractivity contribution in [2.75, 3.05) is 0 Å². The molecule has 0 bridgehead atoms. The van der Waals surface area contributed by atoms with Gasteiger partial charge in [-0.25, -0.2) is 0 Å². The lowest BCUT2D eigenvalue weighted by Crippen LogP contribution is -1.82. The molecule has 1 aromatic heterocycles.